The zero-order valence-electron chi connectivity index (χ0n) is 9.90. The van der Waals surface area contributed by atoms with Crippen molar-refractivity contribution in [3.63, 3.8) is 0 Å². The highest BCUT2D eigenvalue weighted by molar-refractivity contribution is 9.10. The molecule has 19 heavy (non-hydrogen) atoms. The molecule has 0 saturated carbocycles. The summed E-state index contributed by atoms with van der Waals surface area (Å²) in [5, 5.41) is 3.50. The van der Waals surface area contributed by atoms with Gasteiger partial charge >= 0.3 is 0 Å². The number of rotatable bonds is 2. The molecule has 0 unspecified atom stereocenters. The lowest BCUT2D eigenvalue weighted by Gasteiger charge is -2.14. The molecular weight excluding hydrogens is 354 g/mol. The molecule has 0 radical (unpaired) electrons. The molecule has 0 aliphatic carbocycles. The number of nitrogens with two attached hydrogens (primary N) is 1. The van der Waals surface area contributed by atoms with E-state index in [0.29, 0.717) is 11.4 Å². The number of halogens is 4. The molecule has 6 heteroatoms. The van der Waals surface area contributed by atoms with Crippen molar-refractivity contribution in [2.75, 3.05) is 11.1 Å². The molecule has 0 atom stereocenters. The normalized spacial score (nSPS) is 10.6. The van der Waals surface area contributed by atoms with Crippen molar-refractivity contribution in [2.45, 2.75) is 6.92 Å². The Hall–Kier alpha value is -0.970. The Labute approximate surface area is 128 Å². The maximum atomic E-state index is 13.1. The highest BCUT2D eigenvalue weighted by atomic mass is 79.9. The second-order valence-corrected chi connectivity index (χ2v) is 5.73. The van der Waals surface area contributed by atoms with Crippen LogP contribution >= 0.6 is 39.1 Å². The summed E-state index contributed by atoms with van der Waals surface area (Å²) < 4.78 is 13.9. The fourth-order valence-electron chi connectivity index (χ4n) is 1.59. The molecule has 0 aliphatic heterocycles. The molecule has 2 nitrogen and oxygen atoms in total. The zero-order chi connectivity index (χ0) is 14.2. The van der Waals surface area contributed by atoms with Crippen LogP contribution in [-0.4, -0.2) is 0 Å². The molecule has 2 aromatic carbocycles. The van der Waals surface area contributed by atoms with Crippen LogP contribution < -0.4 is 11.1 Å². The summed E-state index contributed by atoms with van der Waals surface area (Å²) in [7, 11) is 0. The van der Waals surface area contributed by atoms with Crippen molar-refractivity contribution in [3.05, 3.63) is 50.2 Å². The van der Waals surface area contributed by atoms with Gasteiger partial charge in [0.25, 0.3) is 0 Å². The molecule has 0 amide bonds. The van der Waals surface area contributed by atoms with Crippen LogP contribution in [0.4, 0.5) is 21.5 Å². The summed E-state index contributed by atoms with van der Waals surface area (Å²) in [6, 6.07) is 6.04. The van der Waals surface area contributed by atoms with Crippen LogP contribution in [0.25, 0.3) is 0 Å². The van der Waals surface area contributed by atoms with Gasteiger partial charge in [0.15, 0.2) is 0 Å². The van der Waals surface area contributed by atoms with Crippen LogP contribution in [0.2, 0.25) is 10.0 Å². The van der Waals surface area contributed by atoms with E-state index in [2.05, 4.69) is 21.2 Å². The Balaban J connectivity index is 2.45. The second kappa shape index (κ2) is 5.57. The van der Waals surface area contributed by atoms with E-state index in [0.717, 1.165) is 15.7 Å². The molecule has 3 N–H and O–H groups in total. The highest BCUT2D eigenvalue weighted by Crippen LogP contribution is 2.37. The van der Waals surface area contributed by atoms with Crippen molar-refractivity contribution in [1.29, 1.82) is 0 Å². The van der Waals surface area contributed by atoms with Crippen LogP contribution in [0.1, 0.15) is 5.56 Å². The topological polar surface area (TPSA) is 38.0 Å². The fraction of sp³-hybridized carbons (Fsp3) is 0.0769. The Morgan fingerprint density at radius 1 is 1.16 bits per heavy atom. The van der Waals surface area contributed by atoms with Gasteiger partial charge in [-0.1, -0.05) is 23.2 Å². The Morgan fingerprint density at radius 3 is 2.32 bits per heavy atom. The SMILES string of the molecule is Cc1cc(Nc2c(Cl)cc(F)cc2Cl)c(Br)cc1N. The van der Waals surface area contributed by atoms with Gasteiger partial charge in [0, 0.05) is 10.2 Å². The monoisotopic (exact) mass is 362 g/mol. The summed E-state index contributed by atoms with van der Waals surface area (Å²) in [4.78, 5) is 0. The highest BCUT2D eigenvalue weighted by Gasteiger charge is 2.11. The number of nitrogens with one attached hydrogen (secondary N) is 1. The molecule has 0 bridgehead atoms. The van der Waals surface area contributed by atoms with Gasteiger partial charge in [-0.15, -0.1) is 0 Å². The number of hydrogen-bond acceptors (Lipinski definition) is 2. The lowest BCUT2D eigenvalue weighted by molar-refractivity contribution is 0.628. The minimum absolute atomic E-state index is 0.214. The predicted molar refractivity (Wildman–Crippen MR) is 83.0 cm³/mol. The maximum absolute atomic E-state index is 13.1. The van der Waals surface area contributed by atoms with E-state index < -0.39 is 5.82 Å². The van der Waals surface area contributed by atoms with Crippen LogP contribution in [0, 0.1) is 12.7 Å². The lowest BCUT2D eigenvalue weighted by Crippen LogP contribution is -1.97. The minimum Gasteiger partial charge on any atom is -0.398 e. The van der Waals surface area contributed by atoms with Gasteiger partial charge in [0.2, 0.25) is 0 Å². The average Bonchev–Trinajstić information content (AvgIpc) is 2.29. The van der Waals surface area contributed by atoms with Gasteiger partial charge < -0.3 is 11.1 Å². The van der Waals surface area contributed by atoms with Crippen molar-refractivity contribution in [1.82, 2.24) is 0 Å². The molecule has 100 valence electrons. The molecule has 0 saturated heterocycles. The molecule has 0 fully saturated rings. The maximum Gasteiger partial charge on any atom is 0.126 e. The summed E-state index contributed by atoms with van der Waals surface area (Å²) in [6.45, 7) is 1.89. The standard InChI is InChI=1S/C13H10BrCl2FN2/c1-6-2-12(8(14)5-11(6)18)19-13-9(15)3-7(17)4-10(13)16/h2-5,19H,18H2,1H3. The summed E-state index contributed by atoms with van der Waals surface area (Å²) in [5.41, 5.74) is 8.60. The van der Waals surface area contributed by atoms with Crippen molar-refractivity contribution in [3.8, 4) is 0 Å². The summed E-state index contributed by atoms with van der Waals surface area (Å²) in [6.07, 6.45) is 0. The average molecular weight is 364 g/mol. The van der Waals surface area contributed by atoms with Gasteiger partial charge in [-0.05, 0) is 52.7 Å². The second-order valence-electron chi connectivity index (χ2n) is 4.06. The van der Waals surface area contributed by atoms with Crippen LogP contribution in [0.15, 0.2) is 28.7 Å². The Bertz CT molecular complexity index is 624. The molecule has 2 aromatic rings. The molecular formula is C13H10BrCl2FN2. The number of benzene rings is 2. The van der Waals surface area contributed by atoms with E-state index in [1.165, 1.54) is 12.1 Å². The predicted octanol–water partition coefficient (Wildman–Crippen LogP) is 5.53. The smallest absolute Gasteiger partial charge is 0.126 e. The molecule has 0 aromatic heterocycles. The summed E-state index contributed by atoms with van der Waals surface area (Å²) in [5.74, 6) is -0.479. The van der Waals surface area contributed by atoms with E-state index in [1.807, 2.05) is 13.0 Å². The molecule has 0 heterocycles. The van der Waals surface area contributed by atoms with Crippen molar-refractivity contribution in [2.24, 2.45) is 0 Å². The zero-order valence-corrected chi connectivity index (χ0v) is 13.0. The van der Waals surface area contributed by atoms with Crippen molar-refractivity contribution >= 4 is 56.2 Å². The quantitative estimate of drug-likeness (QED) is 0.688. The van der Waals surface area contributed by atoms with Crippen LogP contribution in [0.5, 0.6) is 0 Å². The number of hydrogen-bond donors (Lipinski definition) is 2. The molecule has 0 spiro atoms. The minimum atomic E-state index is -0.479. The van der Waals surface area contributed by atoms with Gasteiger partial charge in [0.05, 0.1) is 21.4 Å². The first-order valence-electron chi connectivity index (χ1n) is 5.35. The Morgan fingerprint density at radius 2 is 1.74 bits per heavy atom. The largest absolute Gasteiger partial charge is 0.398 e. The van der Waals surface area contributed by atoms with Crippen LogP contribution in [-0.2, 0) is 0 Å². The van der Waals surface area contributed by atoms with Gasteiger partial charge in [-0.2, -0.15) is 0 Å². The number of aryl methyl sites for hydroxylation is 1. The third kappa shape index (κ3) is 3.14. The molecule has 2 rings (SSSR count). The van der Waals surface area contributed by atoms with Crippen molar-refractivity contribution < 1.29 is 4.39 Å². The van der Waals surface area contributed by atoms with E-state index in [1.54, 1.807) is 6.07 Å². The third-order valence-electron chi connectivity index (χ3n) is 2.62. The third-order valence-corrected chi connectivity index (χ3v) is 3.87. The first kappa shape index (κ1) is 14.4. The number of nitrogen functional groups attached to an aromatic ring is 1. The van der Waals surface area contributed by atoms with Crippen LogP contribution in [0.3, 0.4) is 0 Å². The fourth-order valence-corrected chi connectivity index (χ4v) is 2.60. The first-order valence-corrected chi connectivity index (χ1v) is 6.90. The lowest BCUT2D eigenvalue weighted by atomic mass is 10.2. The summed E-state index contributed by atoms with van der Waals surface area (Å²) >= 11 is 15.4. The van der Waals surface area contributed by atoms with Gasteiger partial charge in [-0.3, -0.25) is 0 Å². The Kier molecular flexibility index (Phi) is 4.23. The van der Waals surface area contributed by atoms with E-state index in [9.17, 15) is 4.39 Å². The van der Waals surface area contributed by atoms with E-state index >= 15 is 0 Å². The first-order chi connectivity index (χ1) is 8.88. The van der Waals surface area contributed by atoms with E-state index in [-0.39, 0.29) is 10.0 Å². The number of anilines is 3. The van der Waals surface area contributed by atoms with Gasteiger partial charge in [0.1, 0.15) is 5.82 Å². The molecule has 0 aliphatic rings. The van der Waals surface area contributed by atoms with Gasteiger partial charge in [-0.25, -0.2) is 4.39 Å². The van der Waals surface area contributed by atoms with E-state index in [4.69, 9.17) is 28.9 Å².